The standard InChI is InChI=1S/C7H8BrNO3/c8-6-2-1-5(12-6)4(9)3-7(10)11/h1-2,4H,3,9H2,(H,10,11). The van der Waals surface area contributed by atoms with Crippen LogP contribution in [-0.2, 0) is 4.79 Å². The van der Waals surface area contributed by atoms with Crippen LogP contribution in [0, 0.1) is 0 Å². The molecule has 0 fully saturated rings. The van der Waals surface area contributed by atoms with Crippen molar-refractivity contribution < 1.29 is 14.3 Å². The largest absolute Gasteiger partial charge is 0.481 e. The molecule has 3 N–H and O–H groups in total. The van der Waals surface area contributed by atoms with E-state index in [-0.39, 0.29) is 6.42 Å². The number of carbonyl (C=O) groups is 1. The van der Waals surface area contributed by atoms with E-state index in [0.717, 1.165) is 0 Å². The van der Waals surface area contributed by atoms with Crippen LogP contribution in [0.3, 0.4) is 0 Å². The van der Waals surface area contributed by atoms with Crippen molar-refractivity contribution in [2.75, 3.05) is 0 Å². The number of carboxylic acids is 1. The lowest BCUT2D eigenvalue weighted by atomic mass is 10.2. The summed E-state index contributed by atoms with van der Waals surface area (Å²) in [5.41, 5.74) is 5.51. The first kappa shape index (κ1) is 9.28. The summed E-state index contributed by atoms with van der Waals surface area (Å²) >= 11 is 3.10. The topological polar surface area (TPSA) is 76.5 Å². The Bertz CT molecular complexity index is 284. The Labute approximate surface area is 77.5 Å². The van der Waals surface area contributed by atoms with Gasteiger partial charge >= 0.3 is 5.97 Å². The molecule has 0 aliphatic rings. The first-order valence-corrected chi connectivity index (χ1v) is 4.11. The van der Waals surface area contributed by atoms with Gasteiger partial charge in [0.2, 0.25) is 0 Å². The van der Waals surface area contributed by atoms with Gasteiger partial charge in [-0.3, -0.25) is 4.79 Å². The van der Waals surface area contributed by atoms with Crippen LogP contribution in [-0.4, -0.2) is 11.1 Å². The van der Waals surface area contributed by atoms with E-state index in [1.165, 1.54) is 0 Å². The molecule has 66 valence electrons. The first-order valence-electron chi connectivity index (χ1n) is 3.32. The molecule has 1 aromatic rings. The number of hydrogen-bond acceptors (Lipinski definition) is 3. The normalized spacial score (nSPS) is 12.8. The van der Waals surface area contributed by atoms with Crippen molar-refractivity contribution in [1.29, 1.82) is 0 Å². The van der Waals surface area contributed by atoms with E-state index in [9.17, 15) is 4.79 Å². The summed E-state index contributed by atoms with van der Waals surface area (Å²) in [6.07, 6.45) is -0.125. The number of nitrogens with two attached hydrogens (primary N) is 1. The summed E-state index contributed by atoms with van der Waals surface area (Å²) in [4.78, 5) is 10.3. The number of carboxylic acid groups (broad SMARTS) is 1. The van der Waals surface area contributed by atoms with E-state index in [1.807, 2.05) is 0 Å². The molecular weight excluding hydrogens is 226 g/mol. The minimum Gasteiger partial charge on any atom is -0.481 e. The summed E-state index contributed by atoms with van der Waals surface area (Å²) in [5.74, 6) is -0.459. The fraction of sp³-hybridized carbons (Fsp3) is 0.286. The summed E-state index contributed by atoms with van der Waals surface area (Å²) in [7, 11) is 0. The van der Waals surface area contributed by atoms with Gasteiger partial charge in [-0.25, -0.2) is 0 Å². The van der Waals surface area contributed by atoms with Gasteiger partial charge in [-0.15, -0.1) is 0 Å². The number of halogens is 1. The van der Waals surface area contributed by atoms with Crippen molar-refractivity contribution in [3.05, 3.63) is 22.6 Å². The molecule has 4 nitrogen and oxygen atoms in total. The molecule has 1 rings (SSSR count). The molecule has 0 spiro atoms. The molecule has 1 atom stereocenters. The van der Waals surface area contributed by atoms with Crippen LogP contribution in [0.1, 0.15) is 18.2 Å². The molecule has 0 aliphatic heterocycles. The second-order valence-electron chi connectivity index (χ2n) is 2.35. The lowest BCUT2D eigenvalue weighted by Gasteiger charge is -2.03. The smallest absolute Gasteiger partial charge is 0.305 e. The Morgan fingerprint density at radius 1 is 1.75 bits per heavy atom. The van der Waals surface area contributed by atoms with Crippen molar-refractivity contribution in [3.8, 4) is 0 Å². The fourth-order valence-corrected chi connectivity index (χ4v) is 1.14. The van der Waals surface area contributed by atoms with Crippen LogP contribution in [0.5, 0.6) is 0 Å². The van der Waals surface area contributed by atoms with Gasteiger partial charge in [-0.05, 0) is 28.1 Å². The molecule has 0 bridgehead atoms. The van der Waals surface area contributed by atoms with Gasteiger partial charge in [0.25, 0.3) is 0 Å². The lowest BCUT2D eigenvalue weighted by Crippen LogP contribution is -2.14. The Morgan fingerprint density at radius 2 is 2.42 bits per heavy atom. The van der Waals surface area contributed by atoms with Crippen molar-refractivity contribution in [2.24, 2.45) is 5.73 Å². The van der Waals surface area contributed by atoms with Crippen LogP contribution in [0.2, 0.25) is 0 Å². The van der Waals surface area contributed by atoms with Crippen molar-refractivity contribution in [1.82, 2.24) is 0 Å². The number of aliphatic carboxylic acids is 1. The molecule has 0 saturated heterocycles. The summed E-state index contributed by atoms with van der Waals surface area (Å²) in [5, 5.41) is 8.42. The first-order chi connectivity index (χ1) is 5.59. The zero-order valence-electron chi connectivity index (χ0n) is 6.16. The molecule has 5 heteroatoms. The second-order valence-corrected chi connectivity index (χ2v) is 3.13. The maximum Gasteiger partial charge on any atom is 0.305 e. The highest BCUT2D eigenvalue weighted by molar-refractivity contribution is 9.10. The predicted octanol–water partition coefficient (Wildman–Crippen LogP) is 1.52. The molecule has 1 heterocycles. The zero-order chi connectivity index (χ0) is 9.14. The minimum atomic E-state index is -0.935. The highest BCUT2D eigenvalue weighted by Crippen LogP contribution is 2.20. The lowest BCUT2D eigenvalue weighted by molar-refractivity contribution is -0.137. The van der Waals surface area contributed by atoms with E-state index >= 15 is 0 Å². The third-order valence-electron chi connectivity index (χ3n) is 1.35. The number of furan rings is 1. The quantitative estimate of drug-likeness (QED) is 0.831. The van der Waals surface area contributed by atoms with Crippen LogP contribution < -0.4 is 5.73 Å². The van der Waals surface area contributed by atoms with Crippen molar-refractivity contribution in [3.63, 3.8) is 0 Å². The van der Waals surface area contributed by atoms with Crippen molar-refractivity contribution in [2.45, 2.75) is 12.5 Å². The van der Waals surface area contributed by atoms with Gasteiger partial charge in [0.05, 0.1) is 12.5 Å². The van der Waals surface area contributed by atoms with Gasteiger partial charge in [-0.1, -0.05) is 0 Å². The average Bonchev–Trinajstić information content (AvgIpc) is 2.34. The molecule has 0 aromatic carbocycles. The molecule has 0 saturated carbocycles. The summed E-state index contributed by atoms with van der Waals surface area (Å²) in [6.45, 7) is 0. The van der Waals surface area contributed by atoms with Crippen LogP contribution in [0.4, 0.5) is 0 Å². The van der Waals surface area contributed by atoms with Gasteiger partial charge in [0.15, 0.2) is 4.67 Å². The second kappa shape index (κ2) is 3.73. The molecule has 1 aromatic heterocycles. The maximum atomic E-state index is 10.3. The number of hydrogen-bond donors (Lipinski definition) is 2. The van der Waals surface area contributed by atoms with E-state index < -0.39 is 12.0 Å². The van der Waals surface area contributed by atoms with Gasteiger partial charge in [0, 0.05) is 0 Å². The maximum absolute atomic E-state index is 10.3. The number of rotatable bonds is 3. The van der Waals surface area contributed by atoms with Gasteiger partial charge < -0.3 is 15.3 Å². The minimum absolute atomic E-state index is 0.125. The molecule has 0 aliphatic carbocycles. The van der Waals surface area contributed by atoms with Gasteiger partial charge in [-0.2, -0.15) is 0 Å². The van der Waals surface area contributed by atoms with E-state index in [0.29, 0.717) is 10.4 Å². The van der Waals surface area contributed by atoms with Crippen LogP contribution >= 0.6 is 15.9 Å². The molecule has 1 unspecified atom stereocenters. The fourth-order valence-electron chi connectivity index (χ4n) is 0.816. The molecule has 0 radical (unpaired) electrons. The van der Waals surface area contributed by atoms with Crippen LogP contribution in [0.15, 0.2) is 21.2 Å². The van der Waals surface area contributed by atoms with Crippen LogP contribution in [0.25, 0.3) is 0 Å². The Balaban J connectivity index is 2.64. The van der Waals surface area contributed by atoms with E-state index in [1.54, 1.807) is 12.1 Å². The summed E-state index contributed by atoms with van der Waals surface area (Å²) in [6, 6.07) is 2.75. The summed E-state index contributed by atoms with van der Waals surface area (Å²) < 4.78 is 5.63. The molecule has 12 heavy (non-hydrogen) atoms. The van der Waals surface area contributed by atoms with E-state index in [4.69, 9.17) is 15.3 Å². The molecular formula is C7H8BrNO3. The SMILES string of the molecule is NC(CC(=O)O)c1ccc(Br)o1. The zero-order valence-corrected chi connectivity index (χ0v) is 7.74. The predicted molar refractivity (Wildman–Crippen MR) is 45.6 cm³/mol. The third-order valence-corrected chi connectivity index (χ3v) is 1.78. The van der Waals surface area contributed by atoms with E-state index in [2.05, 4.69) is 15.9 Å². The monoisotopic (exact) mass is 233 g/mol. The van der Waals surface area contributed by atoms with Gasteiger partial charge in [0.1, 0.15) is 5.76 Å². The Kier molecular flexibility index (Phi) is 2.88. The highest BCUT2D eigenvalue weighted by Gasteiger charge is 2.13. The van der Waals surface area contributed by atoms with Crippen molar-refractivity contribution >= 4 is 21.9 Å². The highest BCUT2D eigenvalue weighted by atomic mass is 79.9. The average molecular weight is 234 g/mol. The Morgan fingerprint density at radius 3 is 2.83 bits per heavy atom. The molecule has 0 amide bonds. The third kappa shape index (κ3) is 2.35. The Hall–Kier alpha value is -0.810.